The molecule has 20 heavy (non-hydrogen) atoms. The summed E-state index contributed by atoms with van der Waals surface area (Å²) in [6.07, 6.45) is 3.44. The van der Waals surface area contributed by atoms with Gasteiger partial charge in [-0.3, -0.25) is 4.79 Å². The molecule has 0 radical (unpaired) electrons. The summed E-state index contributed by atoms with van der Waals surface area (Å²) in [6.45, 7) is 2.74. The zero-order valence-corrected chi connectivity index (χ0v) is 12.8. The van der Waals surface area contributed by atoms with Crippen LogP contribution >= 0.6 is 11.3 Å². The van der Waals surface area contributed by atoms with Crippen LogP contribution in [0.5, 0.6) is 0 Å². The van der Waals surface area contributed by atoms with E-state index in [-0.39, 0.29) is 11.9 Å². The van der Waals surface area contributed by atoms with Crippen LogP contribution in [0.15, 0.2) is 35.9 Å². The van der Waals surface area contributed by atoms with Crippen LogP contribution in [0, 0.1) is 0 Å². The molecule has 1 aromatic heterocycles. The fraction of sp³-hybridized carbons (Fsp3) is 0.333. The monoisotopic (exact) mass is 289 g/mol. The molecular weight excluding hydrogens is 270 g/mol. The average Bonchev–Trinajstić information content (AvgIpc) is 2.85. The third kappa shape index (κ3) is 3.88. The number of thiazole rings is 1. The molecule has 0 saturated heterocycles. The number of aromatic nitrogens is 1. The molecule has 1 N–H and O–H groups in total. The van der Waals surface area contributed by atoms with Crippen LogP contribution in [0.1, 0.15) is 18.5 Å². The van der Waals surface area contributed by atoms with Crippen molar-refractivity contribution in [3.8, 4) is 0 Å². The highest BCUT2D eigenvalue weighted by Gasteiger charge is 2.08. The van der Waals surface area contributed by atoms with Crippen molar-refractivity contribution < 1.29 is 4.79 Å². The molecule has 1 atom stereocenters. The van der Waals surface area contributed by atoms with Crippen LogP contribution < -0.4 is 5.32 Å². The standard InChI is InChI=1S/C15H19N3OS/c1-11(17-15(19)5-4-8-18(2)3)12-6-7-13-14(9-12)20-10-16-13/h4-7,9-11H,8H2,1-3H3,(H,17,19)/b5-4+. The van der Waals surface area contributed by atoms with Crippen molar-refractivity contribution in [1.29, 1.82) is 0 Å². The van der Waals surface area contributed by atoms with E-state index < -0.39 is 0 Å². The van der Waals surface area contributed by atoms with Gasteiger partial charge in [0.25, 0.3) is 0 Å². The number of fused-ring (bicyclic) bond motifs is 1. The number of carbonyl (C=O) groups excluding carboxylic acids is 1. The predicted molar refractivity (Wildman–Crippen MR) is 83.9 cm³/mol. The number of rotatable bonds is 5. The van der Waals surface area contributed by atoms with Crippen LogP contribution in [0.2, 0.25) is 0 Å². The quantitative estimate of drug-likeness (QED) is 0.861. The van der Waals surface area contributed by atoms with Crippen LogP contribution in [0.25, 0.3) is 10.2 Å². The summed E-state index contributed by atoms with van der Waals surface area (Å²) in [5, 5.41) is 2.97. The molecule has 1 unspecified atom stereocenters. The number of benzene rings is 1. The van der Waals surface area contributed by atoms with Crippen molar-refractivity contribution >= 4 is 27.5 Å². The summed E-state index contributed by atoms with van der Waals surface area (Å²) < 4.78 is 1.15. The lowest BCUT2D eigenvalue weighted by Crippen LogP contribution is -2.25. The highest BCUT2D eigenvalue weighted by atomic mass is 32.1. The Bertz CT molecular complexity index is 618. The maximum atomic E-state index is 11.8. The maximum absolute atomic E-state index is 11.8. The van der Waals surface area contributed by atoms with E-state index in [2.05, 4.69) is 16.4 Å². The van der Waals surface area contributed by atoms with Crippen LogP contribution in [-0.4, -0.2) is 36.4 Å². The summed E-state index contributed by atoms with van der Waals surface area (Å²) >= 11 is 1.61. The second-order valence-electron chi connectivity index (χ2n) is 4.97. The van der Waals surface area contributed by atoms with Crippen LogP contribution in [-0.2, 0) is 4.79 Å². The normalized spacial score (nSPS) is 13.2. The van der Waals surface area contributed by atoms with E-state index in [4.69, 9.17) is 0 Å². The number of nitrogens with one attached hydrogen (secondary N) is 1. The number of likely N-dealkylation sites (N-methyl/N-ethyl adjacent to an activating group) is 1. The second-order valence-corrected chi connectivity index (χ2v) is 5.86. The van der Waals surface area contributed by atoms with Crippen LogP contribution in [0.4, 0.5) is 0 Å². The Balaban J connectivity index is 1.98. The Morgan fingerprint density at radius 2 is 2.30 bits per heavy atom. The highest BCUT2D eigenvalue weighted by Crippen LogP contribution is 2.22. The average molecular weight is 289 g/mol. The van der Waals surface area contributed by atoms with Crippen LogP contribution in [0.3, 0.4) is 0 Å². The number of hydrogen-bond acceptors (Lipinski definition) is 4. The second kappa shape index (κ2) is 6.63. The van der Waals surface area contributed by atoms with Gasteiger partial charge in [0.1, 0.15) is 0 Å². The summed E-state index contributed by atoms with van der Waals surface area (Å²) in [4.78, 5) is 18.1. The van der Waals surface area contributed by atoms with E-state index in [1.165, 1.54) is 0 Å². The Morgan fingerprint density at radius 1 is 1.50 bits per heavy atom. The Kier molecular flexibility index (Phi) is 4.87. The minimum atomic E-state index is -0.0660. The van der Waals surface area contributed by atoms with Gasteiger partial charge in [0.15, 0.2) is 0 Å². The molecule has 106 valence electrons. The van der Waals surface area contributed by atoms with Gasteiger partial charge in [0, 0.05) is 12.6 Å². The molecule has 2 aromatic rings. The topological polar surface area (TPSA) is 45.2 Å². The molecule has 0 saturated carbocycles. The van der Waals surface area contributed by atoms with Crippen molar-refractivity contribution in [2.45, 2.75) is 13.0 Å². The maximum Gasteiger partial charge on any atom is 0.244 e. The first kappa shape index (κ1) is 14.7. The minimum Gasteiger partial charge on any atom is -0.346 e. The molecule has 0 bridgehead atoms. The third-order valence-electron chi connectivity index (χ3n) is 2.95. The lowest BCUT2D eigenvalue weighted by molar-refractivity contribution is -0.117. The van der Waals surface area contributed by atoms with Gasteiger partial charge in [-0.2, -0.15) is 0 Å². The zero-order chi connectivity index (χ0) is 14.5. The van der Waals surface area contributed by atoms with E-state index in [0.717, 1.165) is 22.3 Å². The molecule has 1 heterocycles. The first-order valence-corrected chi connectivity index (χ1v) is 7.39. The van der Waals surface area contributed by atoms with Crippen molar-refractivity contribution in [2.75, 3.05) is 20.6 Å². The van der Waals surface area contributed by atoms with E-state index in [1.54, 1.807) is 17.4 Å². The molecule has 1 aromatic carbocycles. The van der Waals surface area contributed by atoms with E-state index >= 15 is 0 Å². The smallest absolute Gasteiger partial charge is 0.244 e. The Hall–Kier alpha value is -1.72. The van der Waals surface area contributed by atoms with Gasteiger partial charge >= 0.3 is 0 Å². The summed E-state index contributed by atoms with van der Waals surface area (Å²) in [5.74, 6) is -0.0660. The van der Waals surface area contributed by atoms with Gasteiger partial charge in [0.2, 0.25) is 5.91 Å². The summed E-state index contributed by atoms with van der Waals surface area (Å²) in [5.41, 5.74) is 3.93. The fourth-order valence-electron chi connectivity index (χ4n) is 1.86. The molecule has 0 spiro atoms. The molecule has 0 fully saturated rings. The van der Waals surface area contributed by atoms with Crippen molar-refractivity contribution in [2.24, 2.45) is 0 Å². The largest absolute Gasteiger partial charge is 0.346 e. The molecule has 1 amide bonds. The van der Waals surface area contributed by atoms with E-state index in [0.29, 0.717) is 0 Å². The van der Waals surface area contributed by atoms with Crippen molar-refractivity contribution in [3.05, 3.63) is 41.4 Å². The predicted octanol–water partition coefficient (Wildman–Crippen LogP) is 2.59. The fourth-order valence-corrected chi connectivity index (χ4v) is 2.58. The van der Waals surface area contributed by atoms with Gasteiger partial charge < -0.3 is 10.2 Å². The molecule has 0 aliphatic heterocycles. The lowest BCUT2D eigenvalue weighted by atomic mass is 10.1. The van der Waals surface area contributed by atoms with Gasteiger partial charge in [0.05, 0.1) is 21.8 Å². The molecule has 5 heteroatoms. The minimum absolute atomic E-state index is 0.0157. The summed E-state index contributed by atoms with van der Waals surface area (Å²) in [6, 6.07) is 6.07. The molecule has 4 nitrogen and oxygen atoms in total. The van der Waals surface area contributed by atoms with Gasteiger partial charge in [-0.25, -0.2) is 4.98 Å². The number of amides is 1. The first-order valence-electron chi connectivity index (χ1n) is 6.51. The van der Waals surface area contributed by atoms with Crippen molar-refractivity contribution in [1.82, 2.24) is 15.2 Å². The zero-order valence-electron chi connectivity index (χ0n) is 12.0. The van der Waals surface area contributed by atoms with E-state index in [1.807, 2.05) is 49.6 Å². The number of hydrogen-bond donors (Lipinski definition) is 1. The lowest BCUT2D eigenvalue weighted by Gasteiger charge is -2.13. The van der Waals surface area contributed by atoms with Gasteiger partial charge in [-0.05, 0) is 38.7 Å². The Morgan fingerprint density at radius 3 is 3.05 bits per heavy atom. The molecule has 0 aliphatic rings. The number of carbonyl (C=O) groups is 1. The van der Waals surface area contributed by atoms with E-state index in [9.17, 15) is 4.79 Å². The molecule has 0 aliphatic carbocycles. The molecule has 2 rings (SSSR count). The first-order chi connectivity index (χ1) is 9.56. The van der Waals surface area contributed by atoms with Crippen molar-refractivity contribution in [3.63, 3.8) is 0 Å². The Labute approximate surface area is 123 Å². The van der Waals surface area contributed by atoms with Gasteiger partial charge in [-0.1, -0.05) is 12.1 Å². The highest BCUT2D eigenvalue weighted by molar-refractivity contribution is 7.16. The number of nitrogens with zero attached hydrogens (tertiary/aromatic N) is 2. The molecular formula is C15H19N3OS. The summed E-state index contributed by atoms with van der Waals surface area (Å²) in [7, 11) is 3.93. The SMILES string of the molecule is CC(NC(=O)/C=C/CN(C)C)c1ccc2ncsc2c1. The third-order valence-corrected chi connectivity index (χ3v) is 3.75. The van der Waals surface area contributed by atoms with Gasteiger partial charge in [-0.15, -0.1) is 11.3 Å².